The van der Waals surface area contributed by atoms with Crippen LogP contribution in [0.25, 0.3) is 22.3 Å². The second kappa shape index (κ2) is 5.64. The van der Waals surface area contributed by atoms with Crippen LogP contribution in [-0.2, 0) is 5.41 Å². The molecule has 1 aliphatic carbocycles. The molecule has 2 atom stereocenters. The number of aromatic hydroxyl groups is 1. The smallest absolute Gasteiger partial charge is 0.139 e. The predicted octanol–water partition coefficient (Wildman–Crippen LogP) is 4.91. The van der Waals surface area contributed by atoms with Crippen LogP contribution in [0.3, 0.4) is 0 Å². The van der Waals surface area contributed by atoms with Crippen molar-refractivity contribution in [2.24, 2.45) is 5.73 Å². The van der Waals surface area contributed by atoms with Crippen molar-refractivity contribution in [3.8, 4) is 17.1 Å². The lowest BCUT2D eigenvalue weighted by Gasteiger charge is -2.34. The molecule has 3 heteroatoms. The highest BCUT2D eigenvalue weighted by Crippen LogP contribution is 2.45. The summed E-state index contributed by atoms with van der Waals surface area (Å²) in [5, 5.41) is 10.8. The standard InChI is InChI=1S/C22H21NO2/c1-14-10-11-22(2,19(23)12-14)20-17-9-8-16(24)13-18(17)25-21(20)15-6-4-3-5-7-15/h3-13,19,24H,23H2,1-2H3. The van der Waals surface area contributed by atoms with Gasteiger partial charge in [-0.2, -0.15) is 0 Å². The van der Waals surface area contributed by atoms with Crippen molar-refractivity contribution in [3.05, 3.63) is 77.9 Å². The summed E-state index contributed by atoms with van der Waals surface area (Å²) in [5.74, 6) is 0.994. The molecule has 0 saturated carbocycles. The molecular formula is C22H21NO2. The fraction of sp³-hybridized carbons (Fsp3) is 0.182. The van der Waals surface area contributed by atoms with Crippen molar-refractivity contribution >= 4 is 11.0 Å². The molecule has 0 spiro atoms. The zero-order valence-corrected chi connectivity index (χ0v) is 14.4. The highest BCUT2D eigenvalue weighted by atomic mass is 16.3. The van der Waals surface area contributed by atoms with Gasteiger partial charge in [-0.05, 0) is 19.1 Å². The maximum absolute atomic E-state index is 9.85. The van der Waals surface area contributed by atoms with Crippen molar-refractivity contribution in [1.82, 2.24) is 0 Å². The van der Waals surface area contributed by atoms with Crippen LogP contribution in [-0.4, -0.2) is 11.1 Å². The third-order valence-corrected chi connectivity index (χ3v) is 5.08. The summed E-state index contributed by atoms with van der Waals surface area (Å²) < 4.78 is 6.19. The Hall–Kier alpha value is -2.78. The zero-order chi connectivity index (χ0) is 17.6. The van der Waals surface area contributed by atoms with Crippen molar-refractivity contribution in [2.75, 3.05) is 0 Å². The third-order valence-electron chi connectivity index (χ3n) is 5.08. The Bertz CT molecular complexity index is 998. The minimum atomic E-state index is -0.396. The minimum absolute atomic E-state index is 0.158. The normalized spacial score (nSPS) is 23.0. The second-order valence-corrected chi connectivity index (χ2v) is 6.91. The topological polar surface area (TPSA) is 59.4 Å². The molecule has 0 aliphatic heterocycles. The lowest BCUT2D eigenvalue weighted by molar-refractivity contribution is 0.474. The first kappa shape index (κ1) is 15.7. The van der Waals surface area contributed by atoms with Crippen molar-refractivity contribution in [3.63, 3.8) is 0 Å². The number of fused-ring (bicyclic) bond motifs is 1. The molecule has 25 heavy (non-hydrogen) atoms. The number of benzene rings is 2. The fourth-order valence-corrected chi connectivity index (χ4v) is 3.59. The molecule has 1 aromatic heterocycles. The highest BCUT2D eigenvalue weighted by Gasteiger charge is 2.37. The van der Waals surface area contributed by atoms with Crippen LogP contribution >= 0.6 is 0 Å². The van der Waals surface area contributed by atoms with E-state index in [1.54, 1.807) is 12.1 Å². The van der Waals surface area contributed by atoms with E-state index < -0.39 is 5.41 Å². The number of phenolic OH excluding ortho intramolecular Hbond substituents is 1. The molecule has 1 heterocycles. The van der Waals surface area contributed by atoms with Gasteiger partial charge in [0, 0.05) is 34.0 Å². The maximum Gasteiger partial charge on any atom is 0.139 e. The Labute approximate surface area is 147 Å². The summed E-state index contributed by atoms with van der Waals surface area (Å²) in [6, 6.07) is 15.1. The van der Waals surface area contributed by atoms with Gasteiger partial charge in [0.2, 0.25) is 0 Å². The predicted molar refractivity (Wildman–Crippen MR) is 102 cm³/mol. The van der Waals surface area contributed by atoms with Gasteiger partial charge in [-0.25, -0.2) is 0 Å². The van der Waals surface area contributed by atoms with Gasteiger partial charge in [0.25, 0.3) is 0 Å². The molecule has 126 valence electrons. The van der Waals surface area contributed by atoms with E-state index in [0.29, 0.717) is 5.58 Å². The Morgan fingerprint density at radius 1 is 1.12 bits per heavy atom. The maximum atomic E-state index is 9.85. The van der Waals surface area contributed by atoms with E-state index in [1.807, 2.05) is 36.4 Å². The minimum Gasteiger partial charge on any atom is -0.508 e. The number of allylic oxidation sites excluding steroid dienone is 2. The van der Waals surface area contributed by atoms with E-state index in [9.17, 15) is 5.11 Å². The SMILES string of the molecule is CC1=CC(N)C(C)(c2c(-c3ccccc3)oc3cc(O)ccc23)C=C1. The molecule has 0 amide bonds. The average molecular weight is 331 g/mol. The fourth-order valence-electron chi connectivity index (χ4n) is 3.59. The van der Waals surface area contributed by atoms with Gasteiger partial charge in [0.05, 0.1) is 0 Å². The molecule has 0 fully saturated rings. The summed E-state index contributed by atoms with van der Waals surface area (Å²) in [7, 11) is 0. The number of hydrogen-bond donors (Lipinski definition) is 2. The van der Waals surface area contributed by atoms with Gasteiger partial charge in [-0.15, -0.1) is 0 Å². The summed E-state index contributed by atoms with van der Waals surface area (Å²) in [5.41, 5.74) is 10.0. The summed E-state index contributed by atoms with van der Waals surface area (Å²) >= 11 is 0. The number of phenols is 1. The molecule has 3 nitrogen and oxygen atoms in total. The first-order chi connectivity index (χ1) is 12.0. The molecule has 0 saturated heterocycles. The van der Waals surface area contributed by atoms with E-state index in [1.165, 1.54) is 0 Å². The number of furan rings is 1. The van der Waals surface area contributed by atoms with Crippen LogP contribution in [0.15, 0.2) is 76.7 Å². The molecule has 4 rings (SSSR count). The second-order valence-electron chi connectivity index (χ2n) is 6.91. The summed E-state index contributed by atoms with van der Waals surface area (Å²) in [6.07, 6.45) is 6.36. The number of nitrogens with two attached hydrogens (primary N) is 1. The first-order valence-corrected chi connectivity index (χ1v) is 8.44. The summed E-state index contributed by atoms with van der Waals surface area (Å²) in [6.45, 7) is 4.19. The van der Waals surface area contributed by atoms with Crippen LogP contribution in [0, 0.1) is 0 Å². The van der Waals surface area contributed by atoms with Gasteiger partial charge in [0.1, 0.15) is 17.1 Å². The van der Waals surface area contributed by atoms with Gasteiger partial charge in [-0.3, -0.25) is 0 Å². The van der Waals surface area contributed by atoms with Crippen LogP contribution in [0.4, 0.5) is 0 Å². The number of hydrogen-bond acceptors (Lipinski definition) is 3. The van der Waals surface area contributed by atoms with Crippen molar-refractivity contribution in [2.45, 2.75) is 25.3 Å². The van der Waals surface area contributed by atoms with E-state index in [4.69, 9.17) is 10.2 Å². The molecule has 1 aliphatic rings. The van der Waals surface area contributed by atoms with Gasteiger partial charge in [-0.1, -0.05) is 61.1 Å². The third kappa shape index (κ3) is 2.48. The first-order valence-electron chi connectivity index (χ1n) is 8.44. The molecule has 3 aromatic rings. The molecule has 2 aromatic carbocycles. The largest absolute Gasteiger partial charge is 0.508 e. The zero-order valence-electron chi connectivity index (χ0n) is 14.4. The van der Waals surface area contributed by atoms with Gasteiger partial charge in [0.15, 0.2) is 0 Å². The van der Waals surface area contributed by atoms with Crippen LogP contribution < -0.4 is 5.73 Å². The van der Waals surface area contributed by atoms with Gasteiger partial charge < -0.3 is 15.3 Å². The van der Waals surface area contributed by atoms with E-state index in [-0.39, 0.29) is 11.8 Å². The Morgan fingerprint density at radius 3 is 2.60 bits per heavy atom. The van der Waals surface area contributed by atoms with E-state index in [0.717, 1.165) is 27.8 Å². The Kier molecular flexibility index (Phi) is 3.55. The van der Waals surface area contributed by atoms with Crippen molar-refractivity contribution < 1.29 is 9.52 Å². The summed E-state index contributed by atoms with van der Waals surface area (Å²) in [4.78, 5) is 0. The molecule has 2 unspecified atom stereocenters. The highest BCUT2D eigenvalue weighted by molar-refractivity contribution is 5.91. The lowest BCUT2D eigenvalue weighted by atomic mass is 9.71. The van der Waals surface area contributed by atoms with Gasteiger partial charge >= 0.3 is 0 Å². The number of rotatable bonds is 2. The molecule has 0 radical (unpaired) electrons. The van der Waals surface area contributed by atoms with Crippen molar-refractivity contribution in [1.29, 1.82) is 0 Å². The monoisotopic (exact) mass is 331 g/mol. The lowest BCUT2D eigenvalue weighted by Crippen LogP contribution is -2.42. The van der Waals surface area contributed by atoms with E-state index >= 15 is 0 Å². The Balaban J connectivity index is 2.04. The van der Waals surface area contributed by atoms with Crippen LogP contribution in [0.1, 0.15) is 19.4 Å². The molecule has 3 N–H and O–H groups in total. The molecule has 0 bridgehead atoms. The average Bonchev–Trinajstić information content (AvgIpc) is 2.98. The quantitative estimate of drug-likeness (QED) is 0.701. The Morgan fingerprint density at radius 2 is 1.88 bits per heavy atom. The van der Waals surface area contributed by atoms with Crippen LogP contribution in [0.5, 0.6) is 5.75 Å². The molecular weight excluding hydrogens is 310 g/mol. The van der Waals surface area contributed by atoms with Crippen LogP contribution in [0.2, 0.25) is 0 Å². The van der Waals surface area contributed by atoms with E-state index in [2.05, 4.69) is 32.1 Å².